The summed E-state index contributed by atoms with van der Waals surface area (Å²) in [6, 6.07) is 21.3. The SMILES string of the molecule is C=Cc1cc(C)ccc1-c1cc2ccc3ccccc3c2cn1. The zero-order chi connectivity index (χ0) is 15.8. The number of rotatable bonds is 2. The summed E-state index contributed by atoms with van der Waals surface area (Å²) in [5.41, 5.74) is 4.47. The Morgan fingerprint density at radius 2 is 1.70 bits per heavy atom. The molecule has 110 valence electrons. The number of nitrogens with zero attached hydrogens (tertiary/aromatic N) is 1. The Hall–Kier alpha value is -2.93. The van der Waals surface area contributed by atoms with Gasteiger partial charge in [-0.15, -0.1) is 0 Å². The van der Waals surface area contributed by atoms with Gasteiger partial charge >= 0.3 is 0 Å². The first-order valence-electron chi connectivity index (χ1n) is 7.77. The van der Waals surface area contributed by atoms with E-state index in [2.05, 4.69) is 74.2 Å². The second-order valence-corrected chi connectivity index (χ2v) is 5.87. The molecule has 0 unspecified atom stereocenters. The molecule has 0 amide bonds. The Morgan fingerprint density at radius 3 is 2.57 bits per heavy atom. The third-order valence-electron chi connectivity index (χ3n) is 4.33. The summed E-state index contributed by atoms with van der Waals surface area (Å²) in [6.07, 6.45) is 3.88. The molecular weight excluding hydrogens is 278 g/mol. The van der Waals surface area contributed by atoms with Gasteiger partial charge in [-0.2, -0.15) is 0 Å². The van der Waals surface area contributed by atoms with Crippen molar-refractivity contribution in [1.82, 2.24) is 4.98 Å². The summed E-state index contributed by atoms with van der Waals surface area (Å²) in [4.78, 5) is 4.72. The Labute approximate surface area is 135 Å². The van der Waals surface area contributed by atoms with Crippen molar-refractivity contribution in [3.8, 4) is 11.3 Å². The fourth-order valence-electron chi connectivity index (χ4n) is 3.13. The largest absolute Gasteiger partial charge is 0.256 e. The molecule has 0 aliphatic heterocycles. The summed E-state index contributed by atoms with van der Waals surface area (Å²) < 4.78 is 0. The molecule has 4 aromatic rings. The number of fused-ring (bicyclic) bond motifs is 3. The van der Waals surface area contributed by atoms with Crippen molar-refractivity contribution >= 4 is 27.6 Å². The van der Waals surface area contributed by atoms with Crippen LogP contribution in [0.1, 0.15) is 11.1 Å². The predicted molar refractivity (Wildman–Crippen MR) is 99.5 cm³/mol. The van der Waals surface area contributed by atoms with Gasteiger partial charge in [-0.25, -0.2) is 0 Å². The minimum Gasteiger partial charge on any atom is -0.256 e. The van der Waals surface area contributed by atoms with Gasteiger partial charge in [-0.1, -0.05) is 72.8 Å². The van der Waals surface area contributed by atoms with Crippen LogP contribution in [-0.4, -0.2) is 4.98 Å². The molecule has 0 aliphatic carbocycles. The zero-order valence-electron chi connectivity index (χ0n) is 13.1. The third kappa shape index (κ3) is 2.31. The molecule has 0 radical (unpaired) electrons. The summed E-state index contributed by atoms with van der Waals surface area (Å²) in [7, 11) is 0. The van der Waals surface area contributed by atoms with Gasteiger partial charge in [0.25, 0.3) is 0 Å². The summed E-state index contributed by atoms with van der Waals surface area (Å²) in [6.45, 7) is 6.03. The van der Waals surface area contributed by atoms with E-state index in [-0.39, 0.29) is 0 Å². The van der Waals surface area contributed by atoms with Gasteiger partial charge in [0.15, 0.2) is 0 Å². The van der Waals surface area contributed by atoms with Gasteiger partial charge in [-0.05, 0) is 34.7 Å². The Kier molecular flexibility index (Phi) is 3.20. The van der Waals surface area contributed by atoms with Crippen molar-refractivity contribution in [2.75, 3.05) is 0 Å². The maximum absolute atomic E-state index is 4.72. The van der Waals surface area contributed by atoms with Gasteiger partial charge in [0.1, 0.15) is 0 Å². The van der Waals surface area contributed by atoms with Crippen molar-refractivity contribution in [2.45, 2.75) is 6.92 Å². The van der Waals surface area contributed by atoms with Crippen LogP contribution in [0.15, 0.2) is 73.4 Å². The molecule has 1 nitrogen and oxygen atoms in total. The minimum atomic E-state index is 0.989. The lowest BCUT2D eigenvalue weighted by molar-refractivity contribution is 1.34. The molecule has 0 spiro atoms. The van der Waals surface area contributed by atoms with E-state index in [1.807, 2.05) is 12.3 Å². The molecule has 1 heterocycles. The first kappa shape index (κ1) is 13.7. The highest BCUT2D eigenvalue weighted by molar-refractivity contribution is 6.07. The number of benzene rings is 3. The normalized spacial score (nSPS) is 11.0. The average molecular weight is 295 g/mol. The molecule has 1 heteroatoms. The van der Waals surface area contributed by atoms with Crippen molar-refractivity contribution < 1.29 is 0 Å². The van der Waals surface area contributed by atoms with Crippen LogP contribution in [0.5, 0.6) is 0 Å². The molecule has 0 aliphatic rings. The van der Waals surface area contributed by atoms with E-state index in [4.69, 9.17) is 4.98 Å². The number of aryl methyl sites for hydroxylation is 1. The molecule has 0 fully saturated rings. The quantitative estimate of drug-likeness (QED) is 0.413. The Balaban J connectivity index is 1.96. The first-order valence-corrected chi connectivity index (χ1v) is 7.77. The highest BCUT2D eigenvalue weighted by atomic mass is 14.7. The maximum Gasteiger partial charge on any atom is 0.0714 e. The van der Waals surface area contributed by atoms with Crippen molar-refractivity contribution in [3.05, 3.63) is 84.6 Å². The van der Waals surface area contributed by atoms with Crippen LogP contribution in [0, 0.1) is 6.92 Å². The van der Waals surface area contributed by atoms with Crippen LogP contribution in [0.3, 0.4) is 0 Å². The predicted octanol–water partition coefficient (Wildman–Crippen LogP) is 6.01. The third-order valence-corrected chi connectivity index (χ3v) is 4.33. The van der Waals surface area contributed by atoms with Crippen LogP contribution < -0.4 is 0 Å². The van der Waals surface area contributed by atoms with Gasteiger partial charge in [0, 0.05) is 17.1 Å². The molecule has 23 heavy (non-hydrogen) atoms. The van der Waals surface area contributed by atoms with E-state index >= 15 is 0 Å². The van der Waals surface area contributed by atoms with E-state index in [0.29, 0.717) is 0 Å². The van der Waals surface area contributed by atoms with Gasteiger partial charge in [0.2, 0.25) is 0 Å². The van der Waals surface area contributed by atoms with Crippen molar-refractivity contribution in [1.29, 1.82) is 0 Å². The minimum absolute atomic E-state index is 0.989. The summed E-state index contributed by atoms with van der Waals surface area (Å²) in [5.74, 6) is 0. The smallest absolute Gasteiger partial charge is 0.0714 e. The topological polar surface area (TPSA) is 12.9 Å². The molecule has 0 saturated heterocycles. The van der Waals surface area contributed by atoms with Crippen LogP contribution in [-0.2, 0) is 0 Å². The van der Waals surface area contributed by atoms with Crippen LogP contribution in [0.2, 0.25) is 0 Å². The number of pyridine rings is 1. The monoisotopic (exact) mass is 295 g/mol. The molecule has 1 aromatic heterocycles. The highest BCUT2D eigenvalue weighted by Gasteiger charge is 2.07. The molecule has 0 atom stereocenters. The summed E-state index contributed by atoms with van der Waals surface area (Å²) >= 11 is 0. The molecule has 0 saturated carbocycles. The van der Waals surface area contributed by atoms with E-state index in [0.717, 1.165) is 16.8 Å². The lowest BCUT2D eigenvalue weighted by Crippen LogP contribution is -1.89. The fraction of sp³-hybridized carbons (Fsp3) is 0.0455. The summed E-state index contributed by atoms with van der Waals surface area (Å²) in [5, 5.41) is 4.90. The molecule has 3 aromatic carbocycles. The molecule has 0 bridgehead atoms. The standard InChI is InChI=1S/C22H17N/c1-3-16-12-15(2)8-11-20(16)22-13-18-10-9-17-6-4-5-7-19(17)21(18)14-23-22/h3-14H,1H2,2H3. The van der Waals surface area contributed by atoms with E-state index in [1.54, 1.807) is 0 Å². The Morgan fingerprint density at radius 1 is 0.870 bits per heavy atom. The van der Waals surface area contributed by atoms with Crippen molar-refractivity contribution in [2.24, 2.45) is 0 Å². The van der Waals surface area contributed by atoms with E-state index in [9.17, 15) is 0 Å². The van der Waals surface area contributed by atoms with Crippen LogP contribution >= 0.6 is 0 Å². The van der Waals surface area contributed by atoms with Gasteiger partial charge in [-0.3, -0.25) is 4.98 Å². The van der Waals surface area contributed by atoms with E-state index in [1.165, 1.54) is 27.1 Å². The highest BCUT2D eigenvalue weighted by Crippen LogP contribution is 2.30. The number of hydrogen-bond donors (Lipinski definition) is 0. The molecule has 0 N–H and O–H groups in total. The average Bonchev–Trinajstić information content (AvgIpc) is 2.61. The van der Waals surface area contributed by atoms with Crippen LogP contribution in [0.25, 0.3) is 38.9 Å². The number of hydrogen-bond acceptors (Lipinski definition) is 1. The van der Waals surface area contributed by atoms with Gasteiger partial charge < -0.3 is 0 Å². The Bertz CT molecular complexity index is 1040. The number of aromatic nitrogens is 1. The second-order valence-electron chi connectivity index (χ2n) is 5.87. The molecular formula is C22H17N. The first-order chi connectivity index (χ1) is 11.3. The lowest BCUT2D eigenvalue weighted by atomic mass is 9.98. The van der Waals surface area contributed by atoms with E-state index < -0.39 is 0 Å². The molecule has 4 rings (SSSR count). The lowest BCUT2D eigenvalue weighted by Gasteiger charge is -2.09. The van der Waals surface area contributed by atoms with Crippen molar-refractivity contribution in [3.63, 3.8) is 0 Å². The fourth-order valence-corrected chi connectivity index (χ4v) is 3.13. The van der Waals surface area contributed by atoms with Crippen LogP contribution in [0.4, 0.5) is 0 Å². The zero-order valence-corrected chi connectivity index (χ0v) is 13.1. The maximum atomic E-state index is 4.72. The second kappa shape index (κ2) is 5.36. The van der Waals surface area contributed by atoms with Gasteiger partial charge in [0.05, 0.1) is 5.69 Å².